The van der Waals surface area contributed by atoms with E-state index < -0.39 is 57.1 Å². The summed E-state index contributed by atoms with van der Waals surface area (Å²) < 4.78 is 0. The summed E-state index contributed by atoms with van der Waals surface area (Å²) in [5.74, 6) is -4.62. The second-order valence-corrected chi connectivity index (χ2v) is 10.4. The van der Waals surface area contributed by atoms with E-state index in [-0.39, 0.29) is 35.5 Å². The van der Waals surface area contributed by atoms with Gasteiger partial charge in [0.15, 0.2) is 17.3 Å². The summed E-state index contributed by atoms with van der Waals surface area (Å²) in [6.45, 7) is 11.7. The van der Waals surface area contributed by atoms with Crippen LogP contribution in [0.5, 0.6) is 17.2 Å². The summed E-state index contributed by atoms with van der Waals surface area (Å²) in [7, 11) is 0. The normalized spacial score (nSPS) is 18.7. The Morgan fingerprint density at radius 3 is 2.06 bits per heavy atom. The molecule has 1 aliphatic rings. The third kappa shape index (κ3) is 4.50. The second kappa shape index (κ2) is 9.20. The Hall–Kier alpha value is -2.83. The fourth-order valence-corrected chi connectivity index (χ4v) is 4.69. The minimum Gasteiger partial charge on any atom is -0.511 e. The molecule has 1 unspecified atom stereocenters. The summed E-state index contributed by atoms with van der Waals surface area (Å²) in [5.41, 5.74) is -3.28. The molecule has 1 aromatic carbocycles. The number of rotatable bonds is 8. The maximum absolute atomic E-state index is 13.5. The molecular weight excluding hydrogens is 424 g/mol. The van der Waals surface area contributed by atoms with Gasteiger partial charge in [0.25, 0.3) is 0 Å². The number of aromatic hydroxyl groups is 3. The molecule has 0 amide bonds. The maximum atomic E-state index is 13.5. The van der Waals surface area contributed by atoms with Gasteiger partial charge in [-0.25, -0.2) is 0 Å². The maximum Gasteiger partial charge on any atom is 0.175 e. The van der Waals surface area contributed by atoms with Crippen molar-refractivity contribution in [2.24, 2.45) is 16.7 Å². The zero-order valence-corrected chi connectivity index (χ0v) is 20.6. The largest absolute Gasteiger partial charge is 0.511 e. The molecule has 0 radical (unpaired) electrons. The van der Waals surface area contributed by atoms with Crippen molar-refractivity contribution in [1.29, 1.82) is 0 Å². The van der Waals surface area contributed by atoms with Gasteiger partial charge in [0.2, 0.25) is 0 Å². The van der Waals surface area contributed by atoms with E-state index in [0.717, 1.165) is 12.5 Å². The van der Waals surface area contributed by atoms with E-state index >= 15 is 0 Å². The van der Waals surface area contributed by atoms with E-state index in [1.54, 1.807) is 0 Å². The van der Waals surface area contributed by atoms with Crippen LogP contribution in [0.2, 0.25) is 0 Å². The Labute approximate surface area is 195 Å². The SMILES string of the molecule is CCCCC(=O)c1c(O)cc(O)c(C(CC(C)C)C2=C(O)C(C)(C)C(=O)C(C)(C)C2=O)c1O. The van der Waals surface area contributed by atoms with Crippen LogP contribution >= 0.6 is 0 Å². The highest BCUT2D eigenvalue weighted by molar-refractivity contribution is 6.19. The lowest BCUT2D eigenvalue weighted by Gasteiger charge is -2.41. The number of phenolic OH excluding ortho intramolecular Hbond substituents is 3. The predicted octanol–water partition coefficient (Wildman–Crippen LogP) is 5.32. The smallest absolute Gasteiger partial charge is 0.175 e. The van der Waals surface area contributed by atoms with Gasteiger partial charge in [-0.05, 0) is 46.5 Å². The van der Waals surface area contributed by atoms with Crippen LogP contribution in [0.15, 0.2) is 17.4 Å². The summed E-state index contributed by atoms with van der Waals surface area (Å²) in [5, 5.41) is 43.3. The number of unbranched alkanes of at least 4 members (excludes halogenated alkanes) is 1. The minimum atomic E-state index is -1.43. The molecule has 1 aliphatic carbocycles. The Morgan fingerprint density at radius 1 is 0.970 bits per heavy atom. The molecule has 0 aliphatic heterocycles. The van der Waals surface area contributed by atoms with E-state index in [9.17, 15) is 34.8 Å². The average molecular weight is 461 g/mol. The summed E-state index contributed by atoms with van der Waals surface area (Å²) in [6, 6.07) is 0.980. The number of carbonyl (C=O) groups excluding carboxylic acids is 3. The van der Waals surface area contributed by atoms with Gasteiger partial charge < -0.3 is 20.4 Å². The van der Waals surface area contributed by atoms with Crippen LogP contribution in [0.4, 0.5) is 0 Å². The van der Waals surface area contributed by atoms with Gasteiger partial charge in [-0.15, -0.1) is 0 Å². The fraction of sp³-hybridized carbons (Fsp3) is 0.577. The van der Waals surface area contributed by atoms with Crippen molar-refractivity contribution in [3.63, 3.8) is 0 Å². The molecule has 0 spiro atoms. The number of phenols is 3. The standard InChI is InChI=1S/C26H36O7/c1-8-9-10-15(27)20-17(29)12-16(28)18(21(20)30)14(11-13(2)3)19-22(31)25(4,5)24(33)26(6,7)23(19)32/h12-14,28-31H,8-11H2,1-7H3. The van der Waals surface area contributed by atoms with Crippen LogP contribution in [-0.4, -0.2) is 37.8 Å². The topological polar surface area (TPSA) is 132 Å². The third-order valence-corrected chi connectivity index (χ3v) is 6.53. The van der Waals surface area contributed by atoms with Crippen LogP contribution < -0.4 is 0 Å². The number of Topliss-reactive ketones (excluding diaryl/α,β-unsaturated/α-hetero) is 3. The minimum absolute atomic E-state index is 0.0428. The fourth-order valence-electron chi connectivity index (χ4n) is 4.69. The number of hydrogen-bond donors (Lipinski definition) is 4. The van der Waals surface area contributed by atoms with Crippen LogP contribution in [-0.2, 0) is 9.59 Å². The molecule has 1 aromatic rings. The van der Waals surface area contributed by atoms with E-state index in [2.05, 4.69) is 0 Å². The molecule has 1 atom stereocenters. The number of hydrogen-bond acceptors (Lipinski definition) is 7. The van der Waals surface area contributed by atoms with Gasteiger partial charge in [-0.2, -0.15) is 0 Å². The van der Waals surface area contributed by atoms with Crippen molar-refractivity contribution in [2.75, 3.05) is 0 Å². The van der Waals surface area contributed by atoms with Gasteiger partial charge in [0, 0.05) is 29.5 Å². The number of benzene rings is 1. The van der Waals surface area contributed by atoms with Gasteiger partial charge in [0.1, 0.15) is 28.6 Å². The van der Waals surface area contributed by atoms with Crippen molar-refractivity contribution in [3.05, 3.63) is 28.5 Å². The van der Waals surface area contributed by atoms with Crippen LogP contribution in [0, 0.1) is 16.7 Å². The van der Waals surface area contributed by atoms with Crippen molar-refractivity contribution in [1.82, 2.24) is 0 Å². The van der Waals surface area contributed by atoms with Gasteiger partial charge in [0.05, 0.1) is 10.8 Å². The second-order valence-electron chi connectivity index (χ2n) is 10.4. The highest BCUT2D eigenvalue weighted by atomic mass is 16.3. The average Bonchev–Trinajstić information content (AvgIpc) is 2.69. The Balaban J connectivity index is 2.87. The summed E-state index contributed by atoms with van der Waals surface area (Å²) in [6.07, 6.45) is 1.62. The van der Waals surface area contributed by atoms with Gasteiger partial charge in [-0.3, -0.25) is 14.4 Å². The van der Waals surface area contributed by atoms with Crippen LogP contribution in [0.25, 0.3) is 0 Å². The predicted molar refractivity (Wildman–Crippen MR) is 125 cm³/mol. The molecule has 0 saturated heterocycles. The highest BCUT2D eigenvalue weighted by Crippen LogP contribution is 2.52. The lowest BCUT2D eigenvalue weighted by atomic mass is 9.60. The molecule has 7 nitrogen and oxygen atoms in total. The molecule has 4 N–H and O–H groups in total. The first-order chi connectivity index (χ1) is 15.1. The Bertz CT molecular complexity index is 1010. The molecule has 0 aromatic heterocycles. The first-order valence-electron chi connectivity index (χ1n) is 11.4. The third-order valence-electron chi connectivity index (χ3n) is 6.53. The number of ketones is 3. The van der Waals surface area contributed by atoms with Crippen molar-refractivity contribution >= 4 is 17.3 Å². The number of aliphatic hydroxyl groups is 1. The van der Waals surface area contributed by atoms with Crippen molar-refractivity contribution in [3.8, 4) is 17.2 Å². The monoisotopic (exact) mass is 460 g/mol. The van der Waals surface area contributed by atoms with Gasteiger partial charge in [-0.1, -0.05) is 27.2 Å². The first kappa shape index (κ1) is 26.4. The molecule has 2 rings (SSSR count). The summed E-state index contributed by atoms with van der Waals surface area (Å²) >= 11 is 0. The summed E-state index contributed by atoms with van der Waals surface area (Å²) in [4.78, 5) is 39.2. The van der Waals surface area contributed by atoms with E-state index in [0.29, 0.717) is 6.42 Å². The van der Waals surface area contributed by atoms with Crippen molar-refractivity contribution in [2.45, 2.75) is 80.1 Å². The number of aliphatic hydroxyl groups excluding tert-OH is 1. The molecule has 7 heteroatoms. The van der Waals surface area contributed by atoms with Crippen molar-refractivity contribution < 1.29 is 34.8 Å². The quantitative estimate of drug-likeness (QED) is 0.305. The zero-order chi connectivity index (χ0) is 25.5. The number of allylic oxidation sites excluding steroid dienone is 2. The molecule has 0 fully saturated rings. The van der Waals surface area contributed by atoms with Crippen LogP contribution in [0.3, 0.4) is 0 Å². The van der Waals surface area contributed by atoms with E-state index in [4.69, 9.17) is 0 Å². The lowest BCUT2D eigenvalue weighted by molar-refractivity contribution is -0.144. The molecule has 33 heavy (non-hydrogen) atoms. The lowest BCUT2D eigenvalue weighted by Crippen LogP contribution is -2.49. The Morgan fingerprint density at radius 2 is 1.55 bits per heavy atom. The molecule has 0 bridgehead atoms. The molecule has 0 heterocycles. The van der Waals surface area contributed by atoms with Crippen LogP contribution in [0.1, 0.15) is 96.0 Å². The Kier molecular flexibility index (Phi) is 7.36. The number of carbonyl (C=O) groups is 3. The highest BCUT2D eigenvalue weighted by Gasteiger charge is 2.55. The molecular formula is C26H36O7. The zero-order valence-electron chi connectivity index (χ0n) is 20.6. The van der Waals surface area contributed by atoms with E-state index in [1.807, 2.05) is 20.8 Å². The first-order valence-corrected chi connectivity index (χ1v) is 11.4. The van der Waals surface area contributed by atoms with E-state index in [1.165, 1.54) is 27.7 Å². The molecule has 0 saturated carbocycles. The molecule has 182 valence electrons. The van der Waals surface area contributed by atoms with Gasteiger partial charge >= 0.3 is 0 Å².